The summed E-state index contributed by atoms with van der Waals surface area (Å²) in [7, 11) is 3.96. The first kappa shape index (κ1) is 11.9. The fraction of sp³-hybridized carbons (Fsp3) is 1.00. The van der Waals surface area contributed by atoms with E-state index in [1.165, 1.54) is 0 Å². The lowest BCUT2D eigenvalue weighted by atomic mass is 9.96. The molecule has 0 aliphatic heterocycles. The van der Waals surface area contributed by atoms with Crippen LogP contribution in [0.4, 0.5) is 0 Å². The molecule has 0 radical (unpaired) electrons. The van der Waals surface area contributed by atoms with Crippen molar-refractivity contribution in [1.82, 2.24) is 4.90 Å². The van der Waals surface area contributed by atoms with E-state index in [9.17, 15) is 5.11 Å². The number of rotatable bonds is 4. The molecule has 0 aromatic heterocycles. The number of hydrogen-bond acceptors (Lipinski definition) is 3. The second kappa shape index (κ2) is 4.80. The predicted molar refractivity (Wildman–Crippen MR) is 50.0 cm³/mol. The van der Waals surface area contributed by atoms with E-state index in [0.29, 0.717) is 6.61 Å². The van der Waals surface area contributed by atoms with E-state index in [0.717, 1.165) is 6.54 Å². The Balaban J connectivity index is 3.51. The highest BCUT2D eigenvalue weighted by Crippen LogP contribution is 2.19. The van der Waals surface area contributed by atoms with Gasteiger partial charge in [-0.2, -0.15) is 0 Å². The standard InChI is InChI=1S/C9H21NO2/c1-9(2,3)8(11)12-7-6-10(4)5/h8,11H,6-7H2,1-5H3. The van der Waals surface area contributed by atoms with Crippen LogP contribution in [0, 0.1) is 5.41 Å². The van der Waals surface area contributed by atoms with Crippen molar-refractivity contribution >= 4 is 0 Å². The summed E-state index contributed by atoms with van der Waals surface area (Å²) in [5.74, 6) is 0. The Morgan fingerprint density at radius 2 is 1.83 bits per heavy atom. The van der Waals surface area contributed by atoms with Crippen LogP contribution in [0.25, 0.3) is 0 Å². The molecule has 0 amide bonds. The summed E-state index contributed by atoms with van der Waals surface area (Å²) in [6.07, 6.45) is -0.669. The van der Waals surface area contributed by atoms with Crippen molar-refractivity contribution in [1.29, 1.82) is 0 Å². The second-order valence-corrected chi connectivity index (χ2v) is 4.39. The van der Waals surface area contributed by atoms with Crippen LogP contribution in [-0.4, -0.2) is 43.5 Å². The summed E-state index contributed by atoms with van der Waals surface area (Å²) >= 11 is 0. The van der Waals surface area contributed by atoms with Crippen molar-refractivity contribution in [3.05, 3.63) is 0 Å². The number of hydrogen-bond donors (Lipinski definition) is 1. The van der Waals surface area contributed by atoms with Crippen molar-refractivity contribution in [3.8, 4) is 0 Å². The molecule has 0 aliphatic carbocycles. The first-order chi connectivity index (χ1) is 5.34. The summed E-state index contributed by atoms with van der Waals surface area (Å²) in [6, 6.07) is 0. The average molecular weight is 175 g/mol. The van der Waals surface area contributed by atoms with Gasteiger partial charge in [0.2, 0.25) is 0 Å². The highest BCUT2D eigenvalue weighted by Gasteiger charge is 2.22. The SMILES string of the molecule is CN(C)CCOC(O)C(C)(C)C. The van der Waals surface area contributed by atoms with Gasteiger partial charge in [-0.3, -0.25) is 0 Å². The van der Waals surface area contributed by atoms with Crippen molar-refractivity contribution in [3.63, 3.8) is 0 Å². The minimum atomic E-state index is -0.669. The number of ether oxygens (including phenoxy) is 1. The molecule has 0 rings (SSSR count). The number of aliphatic hydroxyl groups excluding tert-OH is 1. The van der Waals surface area contributed by atoms with Gasteiger partial charge in [0.15, 0.2) is 6.29 Å². The van der Waals surface area contributed by atoms with Gasteiger partial charge >= 0.3 is 0 Å². The Morgan fingerprint density at radius 3 is 2.17 bits per heavy atom. The van der Waals surface area contributed by atoms with Crippen LogP contribution in [0.3, 0.4) is 0 Å². The highest BCUT2D eigenvalue weighted by atomic mass is 16.6. The normalized spacial score (nSPS) is 15.2. The third-order valence-corrected chi connectivity index (χ3v) is 1.56. The number of likely N-dealkylation sites (N-methyl/N-ethyl adjacent to an activating group) is 1. The van der Waals surface area contributed by atoms with Gasteiger partial charge in [-0.25, -0.2) is 0 Å². The third kappa shape index (κ3) is 5.52. The molecule has 0 bridgehead atoms. The van der Waals surface area contributed by atoms with Gasteiger partial charge in [0.05, 0.1) is 6.61 Å². The van der Waals surface area contributed by atoms with Gasteiger partial charge in [0.25, 0.3) is 0 Å². The summed E-state index contributed by atoms with van der Waals surface area (Å²) < 4.78 is 5.23. The van der Waals surface area contributed by atoms with Gasteiger partial charge in [0, 0.05) is 12.0 Å². The molecule has 0 heterocycles. The molecule has 0 aromatic carbocycles. The van der Waals surface area contributed by atoms with Crippen molar-refractivity contribution in [2.75, 3.05) is 27.2 Å². The molecule has 0 spiro atoms. The molecule has 0 aliphatic rings. The van der Waals surface area contributed by atoms with E-state index in [4.69, 9.17) is 4.74 Å². The smallest absolute Gasteiger partial charge is 0.159 e. The van der Waals surface area contributed by atoms with Gasteiger partial charge in [-0.15, -0.1) is 0 Å². The molecule has 1 unspecified atom stereocenters. The fourth-order valence-electron chi connectivity index (χ4n) is 0.597. The lowest BCUT2D eigenvalue weighted by Gasteiger charge is -2.26. The molecule has 1 atom stereocenters. The molecular formula is C9H21NO2. The summed E-state index contributed by atoms with van der Waals surface area (Å²) in [6.45, 7) is 7.27. The first-order valence-corrected chi connectivity index (χ1v) is 4.28. The quantitative estimate of drug-likeness (QED) is 0.645. The minimum absolute atomic E-state index is 0.188. The minimum Gasteiger partial charge on any atom is -0.368 e. The third-order valence-electron chi connectivity index (χ3n) is 1.56. The van der Waals surface area contributed by atoms with E-state index in [1.807, 2.05) is 39.8 Å². The van der Waals surface area contributed by atoms with Crippen LogP contribution in [0.2, 0.25) is 0 Å². The van der Waals surface area contributed by atoms with Gasteiger partial charge < -0.3 is 14.7 Å². The molecular weight excluding hydrogens is 154 g/mol. The molecule has 1 N–H and O–H groups in total. The molecule has 0 saturated carbocycles. The number of nitrogens with zero attached hydrogens (tertiary/aromatic N) is 1. The Kier molecular flexibility index (Phi) is 4.75. The molecule has 3 heteroatoms. The maximum atomic E-state index is 9.46. The Bertz CT molecular complexity index is 118. The summed E-state index contributed by atoms with van der Waals surface area (Å²) in [5.41, 5.74) is -0.188. The van der Waals surface area contributed by atoms with Crippen LogP contribution in [0.1, 0.15) is 20.8 Å². The van der Waals surface area contributed by atoms with Crippen molar-refractivity contribution in [2.24, 2.45) is 5.41 Å². The maximum Gasteiger partial charge on any atom is 0.159 e. The van der Waals surface area contributed by atoms with Crippen LogP contribution < -0.4 is 0 Å². The summed E-state index contributed by atoms with van der Waals surface area (Å²) in [5, 5.41) is 9.46. The lowest BCUT2D eigenvalue weighted by Crippen LogP contribution is -2.31. The van der Waals surface area contributed by atoms with E-state index in [-0.39, 0.29) is 5.41 Å². The molecule has 0 aromatic rings. The van der Waals surface area contributed by atoms with Gasteiger partial charge in [0.1, 0.15) is 0 Å². The Labute approximate surface area is 75.3 Å². The van der Waals surface area contributed by atoms with Crippen molar-refractivity contribution < 1.29 is 9.84 Å². The highest BCUT2D eigenvalue weighted by molar-refractivity contribution is 4.64. The zero-order chi connectivity index (χ0) is 9.78. The second-order valence-electron chi connectivity index (χ2n) is 4.39. The maximum absolute atomic E-state index is 9.46. The molecule has 12 heavy (non-hydrogen) atoms. The lowest BCUT2D eigenvalue weighted by molar-refractivity contribution is -0.160. The fourth-order valence-corrected chi connectivity index (χ4v) is 0.597. The van der Waals surface area contributed by atoms with Gasteiger partial charge in [-0.05, 0) is 14.1 Å². The van der Waals surface area contributed by atoms with E-state index in [2.05, 4.69) is 0 Å². The monoisotopic (exact) mass is 175 g/mol. The van der Waals surface area contributed by atoms with Crippen LogP contribution in [0.15, 0.2) is 0 Å². The molecule has 74 valence electrons. The first-order valence-electron chi connectivity index (χ1n) is 4.28. The molecule has 0 saturated heterocycles. The van der Waals surface area contributed by atoms with Crippen LogP contribution >= 0.6 is 0 Å². The topological polar surface area (TPSA) is 32.7 Å². The zero-order valence-electron chi connectivity index (χ0n) is 8.79. The van der Waals surface area contributed by atoms with Crippen LogP contribution in [-0.2, 0) is 4.74 Å². The van der Waals surface area contributed by atoms with Crippen molar-refractivity contribution in [2.45, 2.75) is 27.1 Å². The van der Waals surface area contributed by atoms with E-state index in [1.54, 1.807) is 0 Å². The largest absolute Gasteiger partial charge is 0.368 e. The van der Waals surface area contributed by atoms with E-state index < -0.39 is 6.29 Å². The van der Waals surface area contributed by atoms with Crippen LogP contribution in [0.5, 0.6) is 0 Å². The van der Waals surface area contributed by atoms with E-state index >= 15 is 0 Å². The Hall–Kier alpha value is -0.120. The van der Waals surface area contributed by atoms with Gasteiger partial charge in [-0.1, -0.05) is 20.8 Å². The average Bonchev–Trinajstić information content (AvgIpc) is 1.84. The molecule has 0 fully saturated rings. The molecule has 3 nitrogen and oxygen atoms in total. The number of aliphatic hydroxyl groups is 1. The summed E-state index contributed by atoms with van der Waals surface area (Å²) in [4.78, 5) is 2.02. The predicted octanol–water partition coefficient (Wildman–Crippen LogP) is 0.929. The Morgan fingerprint density at radius 1 is 1.33 bits per heavy atom. The zero-order valence-corrected chi connectivity index (χ0v) is 8.79.